The molecule has 2 fully saturated rings. The molecule has 152 valence electrons. The topological polar surface area (TPSA) is 76.6 Å². The first-order chi connectivity index (χ1) is 15.1. The molecule has 3 aromatic rings. The molecule has 2 amide bonds. The van der Waals surface area contributed by atoms with Gasteiger partial charge in [0.05, 0.1) is 23.1 Å². The van der Waals surface area contributed by atoms with Crippen molar-refractivity contribution in [1.82, 2.24) is 4.98 Å². The first-order valence-electron chi connectivity index (χ1n) is 10.3. The van der Waals surface area contributed by atoms with Crippen LogP contribution in [-0.2, 0) is 9.59 Å². The number of hydrogen-bond acceptors (Lipinski definition) is 5. The van der Waals surface area contributed by atoms with Crippen LogP contribution in [0.2, 0.25) is 0 Å². The fourth-order valence-corrected chi connectivity index (χ4v) is 5.25. The van der Waals surface area contributed by atoms with E-state index in [4.69, 9.17) is 4.74 Å². The fourth-order valence-electron chi connectivity index (χ4n) is 5.25. The maximum atomic E-state index is 13.1. The maximum Gasteiger partial charge on any atom is 0.343 e. The molecule has 2 bridgehead atoms. The molecule has 1 saturated heterocycles. The number of para-hydroxylation sites is 1. The Morgan fingerprint density at radius 3 is 2.42 bits per heavy atom. The number of fused-ring (bicyclic) bond motifs is 6. The van der Waals surface area contributed by atoms with Gasteiger partial charge in [0.2, 0.25) is 11.8 Å². The summed E-state index contributed by atoms with van der Waals surface area (Å²) in [5.41, 5.74) is 1.27. The van der Waals surface area contributed by atoms with E-state index in [-0.39, 0.29) is 41.0 Å². The summed E-state index contributed by atoms with van der Waals surface area (Å²) in [5.74, 6) is -0.821. The highest BCUT2D eigenvalue weighted by atomic mass is 16.5. The number of esters is 1. The fraction of sp³-hybridized carbons (Fsp3) is 0.200. The van der Waals surface area contributed by atoms with Crippen LogP contribution in [0.1, 0.15) is 16.8 Å². The smallest absolute Gasteiger partial charge is 0.343 e. The van der Waals surface area contributed by atoms with E-state index in [2.05, 4.69) is 17.1 Å². The molecule has 3 aliphatic rings. The number of pyridine rings is 1. The number of anilines is 1. The van der Waals surface area contributed by atoms with Gasteiger partial charge < -0.3 is 4.74 Å². The minimum absolute atomic E-state index is 0.142. The number of ether oxygens (including phenoxy) is 1. The molecule has 31 heavy (non-hydrogen) atoms. The van der Waals surface area contributed by atoms with Crippen LogP contribution in [0.3, 0.4) is 0 Å². The van der Waals surface area contributed by atoms with E-state index < -0.39 is 5.97 Å². The van der Waals surface area contributed by atoms with Gasteiger partial charge >= 0.3 is 5.97 Å². The van der Waals surface area contributed by atoms with E-state index in [9.17, 15) is 14.4 Å². The first kappa shape index (κ1) is 18.0. The number of nitrogens with zero attached hydrogens (tertiary/aromatic N) is 2. The second-order valence-electron chi connectivity index (χ2n) is 8.28. The lowest BCUT2D eigenvalue weighted by Crippen LogP contribution is -2.33. The van der Waals surface area contributed by atoms with E-state index in [1.54, 1.807) is 42.6 Å². The van der Waals surface area contributed by atoms with Gasteiger partial charge in [-0.25, -0.2) is 9.69 Å². The number of imide groups is 1. The normalized spacial score (nSPS) is 26.0. The predicted molar refractivity (Wildman–Crippen MR) is 113 cm³/mol. The van der Waals surface area contributed by atoms with Crippen LogP contribution in [0.25, 0.3) is 10.9 Å². The van der Waals surface area contributed by atoms with Gasteiger partial charge in [-0.15, -0.1) is 0 Å². The lowest BCUT2D eigenvalue weighted by atomic mass is 9.85. The molecule has 0 unspecified atom stereocenters. The molecule has 0 radical (unpaired) electrons. The highest BCUT2D eigenvalue weighted by Crippen LogP contribution is 2.53. The Morgan fingerprint density at radius 1 is 0.935 bits per heavy atom. The third-order valence-electron chi connectivity index (χ3n) is 6.61. The Kier molecular flexibility index (Phi) is 3.84. The Hall–Kier alpha value is -3.80. The van der Waals surface area contributed by atoms with E-state index in [0.717, 1.165) is 11.8 Å². The van der Waals surface area contributed by atoms with Crippen molar-refractivity contribution in [2.45, 2.75) is 6.42 Å². The third kappa shape index (κ3) is 2.64. The largest absolute Gasteiger partial charge is 0.421 e. The zero-order valence-corrected chi connectivity index (χ0v) is 16.5. The minimum Gasteiger partial charge on any atom is -0.421 e. The van der Waals surface area contributed by atoms with Gasteiger partial charge in [0, 0.05) is 11.6 Å². The Labute approximate surface area is 178 Å². The van der Waals surface area contributed by atoms with Crippen molar-refractivity contribution >= 4 is 34.4 Å². The van der Waals surface area contributed by atoms with Gasteiger partial charge in [-0.1, -0.05) is 36.4 Å². The van der Waals surface area contributed by atoms with Crippen molar-refractivity contribution in [2.24, 2.45) is 23.7 Å². The lowest BCUT2D eigenvalue weighted by Gasteiger charge is -2.18. The summed E-state index contributed by atoms with van der Waals surface area (Å²) in [6, 6.07) is 15.6. The van der Waals surface area contributed by atoms with Crippen molar-refractivity contribution in [1.29, 1.82) is 0 Å². The zero-order valence-electron chi connectivity index (χ0n) is 16.5. The van der Waals surface area contributed by atoms with Gasteiger partial charge in [0.15, 0.2) is 5.75 Å². The molecular formula is C25H18N2O4. The number of amides is 2. The molecule has 1 aliphatic heterocycles. The quantitative estimate of drug-likeness (QED) is 0.284. The van der Waals surface area contributed by atoms with Crippen molar-refractivity contribution in [3.63, 3.8) is 0 Å². The molecule has 0 spiro atoms. The van der Waals surface area contributed by atoms with E-state index >= 15 is 0 Å². The molecule has 2 aromatic carbocycles. The number of aromatic nitrogens is 1. The molecule has 6 heteroatoms. The Morgan fingerprint density at radius 2 is 1.65 bits per heavy atom. The molecule has 0 N–H and O–H groups in total. The van der Waals surface area contributed by atoms with E-state index in [1.807, 2.05) is 18.2 Å². The van der Waals surface area contributed by atoms with Crippen LogP contribution in [0.15, 0.2) is 72.9 Å². The minimum atomic E-state index is -0.568. The second-order valence-corrected chi connectivity index (χ2v) is 8.28. The van der Waals surface area contributed by atoms with Gasteiger partial charge in [-0.3, -0.25) is 14.6 Å². The summed E-state index contributed by atoms with van der Waals surface area (Å²) in [6.45, 7) is 0. The molecule has 6 rings (SSSR count). The zero-order chi connectivity index (χ0) is 21.1. The average molecular weight is 410 g/mol. The highest BCUT2D eigenvalue weighted by Gasteiger charge is 2.59. The van der Waals surface area contributed by atoms with Crippen molar-refractivity contribution < 1.29 is 19.1 Å². The number of carbonyl (C=O) groups is 3. The monoisotopic (exact) mass is 410 g/mol. The SMILES string of the molecule is O=C(Oc1cccc2cccnc12)c1cccc(N2C(=O)[C@@H]3[C@@H](C2=O)[C@H]2C=C[C@H]3C2)c1. The number of hydrogen-bond donors (Lipinski definition) is 0. The summed E-state index contributed by atoms with van der Waals surface area (Å²) >= 11 is 0. The van der Waals surface area contributed by atoms with Crippen LogP contribution in [-0.4, -0.2) is 22.8 Å². The number of carbonyl (C=O) groups excluding carboxylic acids is 3. The van der Waals surface area contributed by atoms with Crippen molar-refractivity contribution in [3.8, 4) is 5.75 Å². The van der Waals surface area contributed by atoms with E-state index in [1.165, 1.54) is 4.90 Å². The van der Waals surface area contributed by atoms with Gasteiger partial charge in [-0.2, -0.15) is 0 Å². The third-order valence-corrected chi connectivity index (χ3v) is 6.61. The Bertz CT molecular complexity index is 1260. The summed E-state index contributed by atoms with van der Waals surface area (Å²) in [7, 11) is 0. The van der Waals surface area contributed by atoms with Crippen LogP contribution >= 0.6 is 0 Å². The highest BCUT2D eigenvalue weighted by molar-refractivity contribution is 6.23. The molecular weight excluding hydrogens is 392 g/mol. The van der Waals surface area contributed by atoms with Gasteiger partial charge in [0.25, 0.3) is 0 Å². The predicted octanol–water partition coefficient (Wildman–Crippen LogP) is 3.77. The van der Waals surface area contributed by atoms with Crippen molar-refractivity contribution in [2.75, 3.05) is 4.90 Å². The van der Waals surface area contributed by atoms with Gasteiger partial charge in [-0.05, 0) is 48.6 Å². The number of benzene rings is 2. The van der Waals surface area contributed by atoms with Crippen LogP contribution in [0.5, 0.6) is 5.75 Å². The molecule has 1 aromatic heterocycles. The number of allylic oxidation sites excluding steroid dienone is 2. The molecule has 1 saturated carbocycles. The van der Waals surface area contributed by atoms with E-state index in [0.29, 0.717) is 17.0 Å². The molecule has 6 nitrogen and oxygen atoms in total. The summed E-state index contributed by atoms with van der Waals surface area (Å²) in [6.07, 6.45) is 6.65. The molecule has 2 aliphatic carbocycles. The lowest BCUT2D eigenvalue weighted by molar-refractivity contribution is -0.123. The number of rotatable bonds is 3. The van der Waals surface area contributed by atoms with Gasteiger partial charge in [0.1, 0.15) is 5.52 Å². The summed E-state index contributed by atoms with van der Waals surface area (Å²) in [5, 5.41) is 0.865. The van der Waals surface area contributed by atoms with Crippen LogP contribution < -0.4 is 9.64 Å². The average Bonchev–Trinajstić information content (AvgIpc) is 3.48. The standard InChI is InChI=1S/C25H18N2O4/c28-23-20-15-9-10-16(12-15)21(20)24(29)27(23)18-7-1-5-17(13-18)25(30)31-19-8-2-4-14-6-3-11-26-22(14)19/h1-11,13,15-16,20-21H,12H2/t15-,16-,20-,21-/m0/s1. The Balaban J connectivity index is 1.29. The summed E-state index contributed by atoms with van der Waals surface area (Å²) < 4.78 is 5.60. The molecule has 2 heterocycles. The molecule has 4 atom stereocenters. The van der Waals surface area contributed by atoms with Crippen LogP contribution in [0, 0.1) is 23.7 Å². The maximum absolute atomic E-state index is 13.1. The van der Waals surface area contributed by atoms with Crippen LogP contribution in [0.4, 0.5) is 5.69 Å². The second kappa shape index (κ2) is 6.60. The van der Waals surface area contributed by atoms with Crippen molar-refractivity contribution in [3.05, 3.63) is 78.5 Å². The summed E-state index contributed by atoms with van der Waals surface area (Å²) in [4.78, 5) is 44.5. The first-order valence-corrected chi connectivity index (χ1v) is 10.3.